The van der Waals surface area contributed by atoms with Gasteiger partial charge in [0.1, 0.15) is 12.9 Å². The van der Waals surface area contributed by atoms with Gasteiger partial charge in [0.05, 0.1) is 5.71 Å². The first kappa shape index (κ1) is 40.7. The molecule has 0 aromatic heterocycles. The van der Waals surface area contributed by atoms with Crippen molar-refractivity contribution in [1.82, 2.24) is 5.32 Å². The summed E-state index contributed by atoms with van der Waals surface area (Å²) in [6.07, 6.45) is 8.09. The van der Waals surface area contributed by atoms with Crippen molar-refractivity contribution in [3.8, 4) is 0 Å². The molecule has 170 valence electrons. The number of hydrogen-bond acceptors (Lipinski definition) is 4. The van der Waals surface area contributed by atoms with Crippen LogP contribution in [0, 0.1) is 0 Å². The van der Waals surface area contributed by atoms with Crippen molar-refractivity contribution in [2.75, 3.05) is 20.2 Å². The molecule has 0 bridgehead atoms. The van der Waals surface area contributed by atoms with E-state index in [-0.39, 0.29) is 0 Å². The minimum absolute atomic E-state index is 0.544. The Hall–Kier alpha value is -0.900. The Morgan fingerprint density at radius 3 is 1.67 bits per heavy atom. The van der Waals surface area contributed by atoms with Gasteiger partial charge in [0.15, 0.2) is 0 Å². The summed E-state index contributed by atoms with van der Waals surface area (Å²) in [6.45, 7) is 24.0. The molecule has 0 spiro atoms. The standard InChI is InChI=1S/C9H17NO2.C6H15N.4C2H6/c1-3-9(4-2)10-12-8-6-5-7-11;1-3-4-5-6-7-2;4*1-2/h7H,3-6,8H2,1-2H3;7H,3-6H2,1-2H3;4*1-2H3. The number of oxime groups is 1. The van der Waals surface area contributed by atoms with Crippen LogP contribution in [0.2, 0.25) is 0 Å². The maximum Gasteiger partial charge on any atom is 0.120 e. The smallest absolute Gasteiger partial charge is 0.120 e. The van der Waals surface area contributed by atoms with Crippen molar-refractivity contribution < 1.29 is 9.63 Å². The Labute approximate surface area is 173 Å². The Kier molecular flexibility index (Phi) is 96.4. The second kappa shape index (κ2) is 63.9. The number of nitrogens with zero attached hydrogens (tertiary/aromatic N) is 1. The van der Waals surface area contributed by atoms with Crippen molar-refractivity contribution in [2.45, 2.75) is 121 Å². The topological polar surface area (TPSA) is 50.7 Å². The molecule has 0 aliphatic heterocycles. The second-order valence-corrected chi connectivity index (χ2v) is 4.32. The quantitative estimate of drug-likeness (QED) is 0.170. The molecule has 4 nitrogen and oxygen atoms in total. The van der Waals surface area contributed by atoms with Crippen LogP contribution in [0.3, 0.4) is 0 Å². The first-order chi connectivity index (χ1) is 13.3. The van der Waals surface area contributed by atoms with Crippen LogP contribution in [0.1, 0.15) is 121 Å². The van der Waals surface area contributed by atoms with Crippen LogP contribution >= 0.6 is 0 Å². The molecule has 0 aliphatic rings. The number of aldehydes is 1. The largest absolute Gasteiger partial charge is 0.396 e. The molecule has 0 fully saturated rings. The molecule has 0 saturated carbocycles. The summed E-state index contributed by atoms with van der Waals surface area (Å²) in [5.74, 6) is 0. The van der Waals surface area contributed by atoms with Gasteiger partial charge in [-0.15, -0.1) is 0 Å². The first-order valence-corrected chi connectivity index (χ1v) is 11.5. The van der Waals surface area contributed by atoms with E-state index < -0.39 is 0 Å². The van der Waals surface area contributed by atoms with Gasteiger partial charge in [-0.25, -0.2) is 0 Å². The van der Waals surface area contributed by atoms with E-state index >= 15 is 0 Å². The lowest BCUT2D eigenvalue weighted by molar-refractivity contribution is -0.108. The summed E-state index contributed by atoms with van der Waals surface area (Å²) in [4.78, 5) is 14.9. The Balaban J connectivity index is -0.0000000626. The van der Waals surface area contributed by atoms with Crippen LogP contribution < -0.4 is 5.32 Å². The van der Waals surface area contributed by atoms with E-state index in [9.17, 15) is 4.79 Å². The molecule has 0 aromatic rings. The molecule has 1 N–H and O–H groups in total. The predicted octanol–water partition coefficient (Wildman–Crippen LogP) is 7.66. The normalized spacial score (nSPS) is 7.41. The van der Waals surface area contributed by atoms with Crippen molar-refractivity contribution in [3.63, 3.8) is 0 Å². The van der Waals surface area contributed by atoms with Crippen LogP contribution in [0.15, 0.2) is 5.16 Å². The fourth-order valence-corrected chi connectivity index (χ4v) is 1.30. The molecule has 0 atom stereocenters. The van der Waals surface area contributed by atoms with Crippen LogP contribution in [0.4, 0.5) is 0 Å². The maximum atomic E-state index is 9.92. The number of nitrogens with one attached hydrogen (secondary N) is 1. The summed E-state index contributed by atoms with van der Waals surface area (Å²) >= 11 is 0. The predicted molar refractivity (Wildman–Crippen MR) is 128 cm³/mol. The van der Waals surface area contributed by atoms with Gasteiger partial charge in [0.25, 0.3) is 0 Å². The summed E-state index contributed by atoms with van der Waals surface area (Å²) in [6, 6.07) is 0. The Bertz CT molecular complexity index is 199. The lowest BCUT2D eigenvalue weighted by atomic mass is 10.2. The highest BCUT2D eigenvalue weighted by Gasteiger charge is 1.91. The van der Waals surface area contributed by atoms with Gasteiger partial charge in [-0.1, -0.05) is 94.2 Å². The van der Waals surface area contributed by atoms with Crippen LogP contribution in [-0.4, -0.2) is 32.2 Å². The van der Waals surface area contributed by atoms with E-state index in [2.05, 4.69) is 31.2 Å². The molecule has 0 aliphatic carbocycles. The molecule has 0 rings (SSSR count). The molecular weight excluding hydrogens is 336 g/mol. The maximum absolute atomic E-state index is 9.92. The molecular formula is C23H56N2O2. The lowest BCUT2D eigenvalue weighted by Gasteiger charge is -1.99. The molecule has 0 radical (unpaired) electrons. The van der Waals surface area contributed by atoms with Gasteiger partial charge < -0.3 is 14.9 Å². The van der Waals surface area contributed by atoms with E-state index in [0.29, 0.717) is 13.0 Å². The lowest BCUT2D eigenvalue weighted by Crippen LogP contribution is -2.06. The van der Waals surface area contributed by atoms with E-state index in [1.807, 2.05) is 62.4 Å². The zero-order valence-corrected chi connectivity index (χ0v) is 21.2. The summed E-state index contributed by atoms with van der Waals surface area (Å²) in [5, 5.41) is 7.04. The number of carbonyl (C=O) groups is 1. The Morgan fingerprint density at radius 1 is 0.852 bits per heavy atom. The highest BCUT2D eigenvalue weighted by atomic mass is 16.6. The van der Waals surface area contributed by atoms with Gasteiger partial charge in [0.2, 0.25) is 0 Å². The number of hydrogen-bond donors (Lipinski definition) is 1. The molecule has 27 heavy (non-hydrogen) atoms. The number of unbranched alkanes of at least 4 members (excludes halogenated alkanes) is 3. The van der Waals surface area contributed by atoms with Gasteiger partial charge in [-0.05, 0) is 39.3 Å². The third-order valence-corrected chi connectivity index (χ3v) is 2.60. The minimum Gasteiger partial charge on any atom is -0.396 e. The van der Waals surface area contributed by atoms with Crippen molar-refractivity contribution >= 4 is 12.0 Å². The van der Waals surface area contributed by atoms with Gasteiger partial charge in [0, 0.05) is 6.42 Å². The minimum atomic E-state index is 0.544. The van der Waals surface area contributed by atoms with E-state index in [1.165, 1.54) is 25.8 Å². The number of rotatable bonds is 11. The third-order valence-electron chi connectivity index (χ3n) is 2.60. The van der Waals surface area contributed by atoms with Gasteiger partial charge in [-0.2, -0.15) is 0 Å². The van der Waals surface area contributed by atoms with E-state index in [4.69, 9.17) is 4.84 Å². The average Bonchev–Trinajstić information content (AvgIpc) is 2.77. The zero-order chi connectivity index (χ0) is 22.8. The summed E-state index contributed by atoms with van der Waals surface area (Å²) in [5.41, 5.74) is 1.07. The first-order valence-electron chi connectivity index (χ1n) is 11.5. The molecule has 0 heterocycles. The van der Waals surface area contributed by atoms with Gasteiger partial charge in [-0.3, -0.25) is 0 Å². The molecule has 0 saturated heterocycles. The van der Waals surface area contributed by atoms with E-state index in [1.54, 1.807) is 0 Å². The number of carbonyl (C=O) groups excluding carboxylic acids is 1. The second-order valence-electron chi connectivity index (χ2n) is 4.32. The molecule has 0 unspecified atom stereocenters. The Morgan fingerprint density at radius 2 is 1.33 bits per heavy atom. The highest BCUT2D eigenvalue weighted by Crippen LogP contribution is 1.94. The summed E-state index contributed by atoms with van der Waals surface area (Å²) < 4.78 is 0. The SMILES string of the molecule is CC.CC.CC.CC.CCC(CC)=NOCCCC=O.CCCCCNC. The fraction of sp³-hybridized carbons (Fsp3) is 0.913. The van der Waals surface area contributed by atoms with E-state index in [0.717, 1.165) is 31.3 Å². The van der Waals surface area contributed by atoms with Gasteiger partial charge >= 0.3 is 0 Å². The molecule has 0 aromatic carbocycles. The summed E-state index contributed by atoms with van der Waals surface area (Å²) in [7, 11) is 2.00. The van der Waals surface area contributed by atoms with Crippen LogP contribution in [0.5, 0.6) is 0 Å². The highest BCUT2D eigenvalue weighted by molar-refractivity contribution is 5.83. The van der Waals surface area contributed by atoms with Crippen molar-refractivity contribution in [3.05, 3.63) is 0 Å². The van der Waals surface area contributed by atoms with Crippen molar-refractivity contribution in [2.24, 2.45) is 5.16 Å². The van der Waals surface area contributed by atoms with Crippen LogP contribution in [-0.2, 0) is 9.63 Å². The zero-order valence-electron chi connectivity index (χ0n) is 21.2. The average molecular weight is 393 g/mol. The molecule has 4 heteroatoms. The van der Waals surface area contributed by atoms with Crippen LogP contribution in [0.25, 0.3) is 0 Å². The molecule has 0 amide bonds. The van der Waals surface area contributed by atoms with Crippen molar-refractivity contribution in [1.29, 1.82) is 0 Å². The monoisotopic (exact) mass is 392 g/mol. The third kappa shape index (κ3) is 67.4. The fourth-order valence-electron chi connectivity index (χ4n) is 1.30.